The van der Waals surface area contributed by atoms with Crippen LogP contribution < -0.4 is 15.0 Å². The molecule has 0 fully saturated rings. The highest BCUT2D eigenvalue weighted by molar-refractivity contribution is 5.96. The van der Waals surface area contributed by atoms with Crippen LogP contribution in [0.25, 0.3) is 0 Å². The number of hydrogen-bond acceptors (Lipinski definition) is 4. The van der Waals surface area contributed by atoms with Crippen molar-refractivity contribution in [2.75, 3.05) is 24.5 Å². The zero-order valence-corrected chi connectivity index (χ0v) is 18.9. The number of ether oxygens (including phenoxy) is 2. The fourth-order valence-corrected chi connectivity index (χ4v) is 2.98. The average Bonchev–Trinajstić information content (AvgIpc) is 2.83. The van der Waals surface area contributed by atoms with Gasteiger partial charge in [0, 0.05) is 6.54 Å². The van der Waals surface area contributed by atoms with Crippen molar-refractivity contribution in [3.05, 3.63) is 109 Å². The average molecular weight is 433 g/mol. The summed E-state index contributed by atoms with van der Waals surface area (Å²) < 4.78 is 12.3. The van der Waals surface area contributed by atoms with Crippen LogP contribution in [0.4, 0.5) is 5.69 Å². The van der Waals surface area contributed by atoms with E-state index in [1.807, 2.05) is 68.4 Å². The SMILES string of the molecule is C=C/C=C\C(Oc1ccccc1N(CC)C(=O)CNCC)=C(/C=C)OCc1ccccc1. The number of benzene rings is 2. The van der Waals surface area contributed by atoms with E-state index in [9.17, 15) is 4.79 Å². The lowest BCUT2D eigenvalue weighted by Gasteiger charge is -2.24. The van der Waals surface area contributed by atoms with Gasteiger partial charge in [-0.3, -0.25) is 4.79 Å². The van der Waals surface area contributed by atoms with Gasteiger partial charge in [0.15, 0.2) is 17.3 Å². The van der Waals surface area contributed by atoms with E-state index in [-0.39, 0.29) is 12.5 Å². The molecule has 2 rings (SSSR count). The summed E-state index contributed by atoms with van der Waals surface area (Å²) in [5.41, 5.74) is 1.72. The van der Waals surface area contributed by atoms with E-state index in [0.717, 1.165) is 12.1 Å². The van der Waals surface area contributed by atoms with E-state index < -0.39 is 0 Å². The highest BCUT2D eigenvalue weighted by atomic mass is 16.5. The lowest BCUT2D eigenvalue weighted by molar-refractivity contribution is -0.117. The van der Waals surface area contributed by atoms with Crippen molar-refractivity contribution in [2.45, 2.75) is 20.5 Å². The predicted molar refractivity (Wildman–Crippen MR) is 131 cm³/mol. The molecular weight excluding hydrogens is 400 g/mol. The van der Waals surface area contributed by atoms with Gasteiger partial charge >= 0.3 is 0 Å². The molecule has 2 aromatic rings. The lowest BCUT2D eigenvalue weighted by atomic mass is 10.2. The fraction of sp³-hybridized carbons (Fsp3) is 0.222. The van der Waals surface area contributed by atoms with Crippen LogP contribution in [0.1, 0.15) is 19.4 Å². The first-order chi connectivity index (χ1) is 15.6. The summed E-state index contributed by atoms with van der Waals surface area (Å²) in [6.45, 7) is 13.4. The second-order valence-corrected chi connectivity index (χ2v) is 6.79. The van der Waals surface area contributed by atoms with Gasteiger partial charge in [0.1, 0.15) is 6.61 Å². The monoisotopic (exact) mass is 432 g/mol. The van der Waals surface area contributed by atoms with Gasteiger partial charge in [0.05, 0.1) is 12.2 Å². The number of carbonyl (C=O) groups is 1. The van der Waals surface area contributed by atoms with Gasteiger partial charge in [-0.2, -0.15) is 0 Å². The van der Waals surface area contributed by atoms with Gasteiger partial charge in [-0.25, -0.2) is 0 Å². The van der Waals surface area contributed by atoms with E-state index in [1.54, 1.807) is 29.2 Å². The highest BCUT2D eigenvalue weighted by Gasteiger charge is 2.18. The maximum Gasteiger partial charge on any atom is 0.241 e. The molecule has 0 atom stereocenters. The van der Waals surface area contributed by atoms with E-state index >= 15 is 0 Å². The minimum Gasteiger partial charge on any atom is -0.485 e. The standard InChI is InChI=1S/C27H32N2O3/c1-5-9-18-26(24(6-2)31-21-22-15-11-10-12-16-22)32-25-19-14-13-17-23(25)29(8-4)27(30)20-28-7-3/h5-6,9-19,28H,1-2,7-8,20-21H2,3-4H3/b18-9-,26-24-. The number of carbonyl (C=O) groups excluding carboxylic acids is 1. The fourth-order valence-electron chi connectivity index (χ4n) is 2.98. The van der Waals surface area contributed by atoms with Gasteiger partial charge in [-0.15, -0.1) is 0 Å². The molecule has 5 nitrogen and oxygen atoms in total. The number of nitrogens with zero attached hydrogens (tertiary/aromatic N) is 1. The Morgan fingerprint density at radius 1 is 1.03 bits per heavy atom. The van der Waals surface area contributed by atoms with Crippen LogP contribution in [0, 0.1) is 0 Å². The molecule has 0 aromatic heterocycles. The molecule has 0 aliphatic carbocycles. The summed E-state index contributed by atoms with van der Waals surface area (Å²) in [5, 5.41) is 3.08. The van der Waals surface area contributed by atoms with Crippen molar-refractivity contribution < 1.29 is 14.3 Å². The molecule has 5 heteroatoms. The normalized spacial score (nSPS) is 11.6. The quantitative estimate of drug-likeness (QED) is 0.341. The smallest absolute Gasteiger partial charge is 0.241 e. The lowest BCUT2D eigenvalue weighted by Crippen LogP contribution is -2.38. The third-order valence-electron chi connectivity index (χ3n) is 4.57. The van der Waals surface area contributed by atoms with Crippen LogP contribution in [0.2, 0.25) is 0 Å². The summed E-state index contributed by atoms with van der Waals surface area (Å²) >= 11 is 0. The number of hydrogen-bond donors (Lipinski definition) is 1. The van der Waals surface area contributed by atoms with Crippen LogP contribution in [0.5, 0.6) is 5.75 Å². The Hall–Kier alpha value is -3.57. The Morgan fingerprint density at radius 2 is 1.75 bits per heavy atom. The second-order valence-electron chi connectivity index (χ2n) is 6.79. The van der Waals surface area contributed by atoms with Crippen LogP contribution in [-0.2, 0) is 16.1 Å². The minimum atomic E-state index is -0.0261. The van der Waals surface area contributed by atoms with Crippen LogP contribution in [0.15, 0.2) is 104 Å². The zero-order chi connectivity index (χ0) is 23.2. The van der Waals surface area contributed by atoms with Gasteiger partial charge in [0.2, 0.25) is 5.91 Å². The Labute approximate surface area is 191 Å². The molecule has 1 amide bonds. The van der Waals surface area contributed by atoms with Gasteiger partial charge in [-0.05, 0) is 43.3 Å². The molecule has 0 spiro atoms. The molecule has 0 bridgehead atoms. The van der Waals surface area contributed by atoms with Crippen molar-refractivity contribution in [3.63, 3.8) is 0 Å². The predicted octanol–water partition coefficient (Wildman–Crippen LogP) is 5.38. The van der Waals surface area contributed by atoms with Crippen molar-refractivity contribution in [3.8, 4) is 5.75 Å². The summed E-state index contributed by atoms with van der Waals surface area (Å²) in [4.78, 5) is 14.4. The number of nitrogens with one attached hydrogen (secondary N) is 1. The first-order valence-corrected chi connectivity index (χ1v) is 10.7. The molecule has 2 aromatic carbocycles. The summed E-state index contributed by atoms with van der Waals surface area (Å²) in [6, 6.07) is 17.3. The molecule has 0 heterocycles. The Bertz CT molecular complexity index is 948. The van der Waals surface area contributed by atoms with Gasteiger partial charge in [-0.1, -0.05) is 74.7 Å². The molecule has 0 aliphatic heterocycles. The Morgan fingerprint density at radius 3 is 2.41 bits per heavy atom. The largest absolute Gasteiger partial charge is 0.485 e. The third kappa shape index (κ3) is 7.29. The molecule has 168 valence electrons. The van der Waals surface area contributed by atoms with Gasteiger partial charge < -0.3 is 19.7 Å². The molecule has 1 N–H and O–H groups in total. The molecule has 32 heavy (non-hydrogen) atoms. The highest BCUT2D eigenvalue weighted by Crippen LogP contribution is 2.31. The Kier molecular flexibility index (Phi) is 10.6. The summed E-state index contributed by atoms with van der Waals surface area (Å²) in [7, 11) is 0. The molecule has 0 saturated heterocycles. The van der Waals surface area contributed by atoms with Crippen LogP contribution in [-0.4, -0.2) is 25.5 Å². The van der Waals surface area contributed by atoms with Crippen molar-refractivity contribution in [2.24, 2.45) is 0 Å². The van der Waals surface area contributed by atoms with E-state index in [1.165, 1.54) is 0 Å². The number of rotatable bonds is 13. The Balaban J connectivity index is 2.36. The number of allylic oxidation sites excluding steroid dienone is 4. The number of para-hydroxylation sites is 2. The third-order valence-corrected chi connectivity index (χ3v) is 4.57. The van der Waals surface area contributed by atoms with E-state index in [2.05, 4.69) is 18.5 Å². The molecule has 0 aliphatic rings. The van der Waals surface area contributed by atoms with E-state index in [4.69, 9.17) is 9.47 Å². The zero-order valence-electron chi connectivity index (χ0n) is 18.9. The number of likely N-dealkylation sites (N-methyl/N-ethyl adjacent to an activating group) is 2. The summed E-state index contributed by atoms with van der Waals surface area (Å²) in [5.74, 6) is 1.48. The van der Waals surface area contributed by atoms with Crippen molar-refractivity contribution in [1.29, 1.82) is 0 Å². The summed E-state index contributed by atoms with van der Waals surface area (Å²) in [6.07, 6.45) is 6.80. The molecule has 0 radical (unpaired) electrons. The van der Waals surface area contributed by atoms with Crippen LogP contribution in [0.3, 0.4) is 0 Å². The van der Waals surface area contributed by atoms with Crippen molar-refractivity contribution in [1.82, 2.24) is 5.32 Å². The topological polar surface area (TPSA) is 50.8 Å². The second kappa shape index (κ2) is 13.7. The number of anilines is 1. The van der Waals surface area contributed by atoms with Gasteiger partial charge in [0.25, 0.3) is 0 Å². The van der Waals surface area contributed by atoms with E-state index in [0.29, 0.717) is 36.1 Å². The molecule has 0 saturated carbocycles. The maximum absolute atomic E-state index is 12.7. The van der Waals surface area contributed by atoms with Crippen molar-refractivity contribution >= 4 is 11.6 Å². The first-order valence-electron chi connectivity index (χ1n) is 10.7. The molecule has 0 unspecified atom stereocenters. The van der Waals surface area contributed by atoms with Crippen LogP contribution >= 0.6 is 0 Å². The number of amides is 1. The maximum atomic E-state index is 12.7. The first kappa shape index (κ1) is 24.7. The molecular formula is C27H32N2O3. The minimum absolute atomic E-state index is 0.0261.